The second-order valence-electron chi connectivity index (χ2n) is 3.37. The number of carbonyl (C=O) groups is 3. The van der Waals surface area contributed by atoms with Crippen molar-refractivity contribution in [2.75, 3.05) is 13.1 Å². The minimum absolute atomic E-state index is 0.0914. The zero-order chi connectivity index (χ0) is 13.3. The first-order valence-corrected chi connectivity index (χ1v) is 5.01. The fourth-order valence-corrected chi connectivity index (χ4v) is 1.21. The van der Waals surface area contributed by atoms with Gasteiger partial charge in [0.05, 0.1) is 5.92 Å². The maximum atomic E-state index is 10.3. The van der Waals surface area contributed by atoms with Crippen molar-refractivity contribution in [3.05, 3.63) is 12.2 Å². The van der Waals surface area contributed by atoms with E-state index in [0.717, 1.165) is 25.9 Å². The predicted octanol–water partition coefficient (Wildman–Crippen LogP) is -0.218. The van der Waals surface area contributed by atoms with Gasteiger partial charge in [-0.25, -0.2) is 9.59 Å². The molecule has 1 fully saturated rings. The summed E-state index contributed by atoms with van der Waals surface area (Å²) in [5, 5.41) is 27.2. The van der Waals surface area contributed by atoms with E-state index in [1.807, 2.05) is 0 Å². The normalized spacial score (nSPS) is 16.0. The van der Waals surface area contributed by atoms with E-state index >= 15 is 0 Å². The van der Waals surface area contributed by atoms with Crippen LogP contribution in [-0.4, -0.2) is 46.3 Å². The van der Waals surface area contributed by atoms with E-state index in [-0.39, 0.29) is 5.92 Å². The fourth-order valence-electron chi connectivity index (χ4n) is 1.21. The Morgan fingerprint density at radius 3 is 1.59 bits per heavy atom. The van der Waals surface area contributed by atoms with Crippen molar-refractivity contribution in [2.24, 2.45) is 5.92 Å². The summed E-state index contributed by atoms with van der Waals surface area (Å²) in [7, 11) is 0. The summed E-state index contributed by atoms with van der Waals surface area (Å²) in [5.74, 6) is -3.25. The van der Waals surface area contributed by atoms with Crippen molar-refractivity contribution < 1.29 is 29.7 Å². The third kappa shape index (κ3) is 9.06. The summed E-state index contributed by atoms with van der Waals surface area (Å²) in [4.78, 5) is 29.4. The molecule has 1 heterocycles. The van der Waals surface area contributed by atoms with Crippen LogP contribution < -0.4 is 5.32 Å². The van der Waals surface area contributed by atoms with E-state index in [0.29, 0.717) is 12.2 Å². The molecule has 1 aliphatic heterocycles. The molecule has 0 spiro atoms. The van der Waals surface area contributed by atoms with Crippen LogP contribution in [0.4, 0.5) is 0 Å². The lowest BCUT2D eigenvalue weighted by molar-refractivity contribution is -0.142. The molecule has 1 rings (SSSR count). The summed E-state index contributed by atoms with van der Waals surface area (Å²) in [5.41, 5.74) is 0. The summed E-state index contributed by atoms with van der Waals surface area (Å²) in [6.07, 6.45) is 2.69. The maximum absolute atomic E-state index is 10.3. The van der Waals surface area contributed by atoms with Crippen molar-refractivity contribution in [1.82, 2.24) is 5.32 Å². The topological polar surface area (TPSA) is 124 Å². The Morgan fingerprint density at radius 1 is 0.941 bits per heavy atom. The van der Waals surface area contributed by atoms with Crippen LogP contribution in [0.5, 0.6) is 0 Å². The van der Waals surface area contributed by atoms with Crippen LogP contribution in [0, 0.1) is 5.92 Å². The van der Waals surface area contributed by atoms with Crippen LogP contribution >= 0.6 is 0 Å². The second kappa shape index (κ2) is 8.28. The number of aliphatic carboxylic acids is 3. The highest BCUT2D eigenvalue weighted by molar-refractivity contribution is 5.89. The molecule has 0 aromatic carbocycles. The predicted molar refractivity (Wildman–Crippen MR) is 57.6 cm³/mol. The van der Waals surface area contributed by atoms with Crippen LogP contribution in [0.2, 0.25) is 0 Å². The zero-order valence-corrected chi connectivity index (χ0v) is 9.13. The molecule has 96 valence electrons. The monoisotopic (exact) mass is 245 g/mol. The molecule has 0 amide bonds. The van der Waals surface area contributed by atoms with Crippen molar-refractivity contribution >= 4 is 17.9 Å². The largest absolute Gasteiger partial charge is 0.481 e. The quantitative estimate of drug-likeness (QED) is 0.507. The Hall–Kier alpha value is -1.89. The molecule has 0 radical (unpaired) electrons. The number of carboxylic acid groups (broad SMARTS) is 3. The van der Waals surface area contributed by atoms with E-state index in [9.17, 15) is 14.4 Å². The first-order valence-electron chi connectivity index (χ1n) is 5.01. The molecule has 0 unspecified atom stereocenters. The lowest BCUT2D eigenvalue weighted by atomic mass is 9.99. The number of hydrogen-bond acceptors (Lipinski definition) is 4. The molecule has 0 saturated carbocycles. The number of nitrogens with one attached hydrogen (secondary N) is 1. The SMILES string of the molecule is O=C(O)/C=C\C(=O)O.O=C(O)C1CCNCC1. The molecule has 0 atom stereocenters. The van der Waals surface area contributed by atoms with Gasteiger partial charge in [0.1, 0.15) is 0 Å². The molecule has 0 aliphatic carbocycles. The van der Waals surface area contributed by atoms with Gasteiger partial charge in [-0.15, -0.1) is 0 Å². The number of piperidine rings is 1. The molecule has 1 saturated heterocycles. The number of hydrogen-bond donors (Lipinski definition) is 4. The van der Waals surface area contributed by atoms with E-state index in [1.165, 1.54) is 0 Å². The lowest BCUT2D eigenvalue weighted by Gasteiger charge is -2.17. The van der Waals surface area contributed by atoms with E-state index < -0.39 is 17.9 Å². The minimum atomic E-state index is -1.26. The van der Waals surface area contributed by atoms with Crippen LogP contribution in [0.1, 0.15) is 12.8 Å². The second-order valence-corrected chi connectivity index (χ2v) is 3.37. The third-order valence-corrected chi connectivity index (χ3v) is 2.06. The molecule has 0 aromatic heterocycles. The Kier molecular flexibility index (Phi) is 7.36. The third-order valence-electron chi connectivity index (χ3n) is 2.06. The highest BCUT2D eigenvalue weighted by Crippen LogP contribution is 2.10. The number of rotatable bonds is 3. The van der Waals surface area contributed by atoms with Crippen molar-refractivity contribution in [3.63, 3.8) is 0 Å². The minimum Gasteiger partial charge on any atom is -0.481 e. The van der Waals surface area contributed by atoms with Crippen LogP contribution in [0.25, 0.3) is 0 Å². The molecule has 7 nitrogen and oxygen atoms in total. The summed E-state index contributed by atoms with van der Waals surface area (Å²) < 4.78 is 0. The summed E-state index contributed by atoms with van der Waals surface area (Å²) in [6, 6.07) is 0. The number of carboxylic acids is 3. The van der Waals surface area contributed by atoms with Gasteiger partial charge >= 0.3 is 17.9 Å². The molecule has 0 aromatic rings. The van der Waals surface area contributed by atoms with Gasteiger partial charge < -0.3 is 20.6 Å². The van der Waals surface area contributed by atoms with Gasteiger partial charge in [0.2, 0.25) is 0 Å². The van der Waals surface area contributed by atoms with Gasteiger partial charge in [0.15, 0.2) is 0 Å². The molecule has 7 heteroatoms. The van der Waals surface area contributed by atoms with Crippen molar-refractivity contribution in [3.8, 4) is 0 Å². The maximum Gasteiger partial charge on any atom is 0.328 e. The van der Waals surface area contributed by atoms with Gasteiger partial charge in [-0.2, -0.15) is 0 Å². The van der Waals surface area contributed by atoms with Crippen molar-refractivity contribution in [2.45, 2.75) is 12.8 Å². The van der Waals surface area contributed by atoms with E-state index in [2.05, 4.69) is 5.32 Å². The Morgan fingerprint density at radius 2 is 1.35 bits per heavy atom. The summed E-state index contributed by atoms with van der Waals surface area (Å²) in [6.45, 7) is 1.72. The highest BCUT2D eigenvalue weighted by atomic mass is 16.4. The Labute approximate surface area is 97.8 Å². The van der Waals surface area contributed by atoms with Gasteiger partial charge in [-0.1, -0.05) is 0 Å². The van der Waals surface area contributed by atoms with Gasteiger partial charge in [-0.05, 0) is 25.9 Å². The average molecular weight is 245 g/mol. The molecule has 4 N–H and O–H groups in total. The zero-order valence-electron chi connectivity index (χ0n) is 9.13. The van der Waals surface area contributed by atoms with Crippen LogP contribution in [0.15, 0.2) is 12.2 Å². The standard InChI is InChI=1S/C6H11NO2.C4H4O4/c8-6(9)5-1-3-7-4-2-5;5-3(6)1-2-4(7)8/h5,7H,1-4H2,(H,8,9);1-2H,(H,5,6)(H,7,8)/b;2-1-. The molecule has 17 heavy (non-hydrogen) atoms. The average Bonchev–Trinajstić information content (AvgIpc) is 2.28. The van der Waals surface area contributed by atoms with E-state index in [4.69, 9.17) is 15.3 Å². The summed E-state index contributed by atoms with van der Waals surface area (Å²) >= 11 is 0. The molecular weight excluding hydrogens is 230 g/mol. The first kappa shape index (κ1) is 15.1. The van der Waals surface area contributed by atoms with Crippen molar-refractivity contribution in [1.29, 1.82) is 0 Å². The smallest absolute Gasteiger partial charge is 0.328 e. The van der Waals surface area contributed by atoms with E-state index in [1.54, 1.807) is 0 Å². The Bertz CT molecular complexity index is 290. The van der Waals surface area contributed by atoms with Crippen LogP contribution in [0.3, 0.4) is 0 Å². The highest BCUT2D eigenvalue weighted by Gasteiger charge is 2.18. The molecule has 1 aliphatic rings. The van der Waals surface area contributed by atoms with Gasteiger partial charge in [0.25, 0.3) is 0 Å². The molecule has 0 bridgehead atoms. The lowest BCUT2D eigenvalue weighted by Crippen LogP contribution is -2.31. The van der Waals surface area contributed by atoms with Crippen LogP contribution in [-0.2, 0) is 14.4 Å². The first-order chi connectivity index (χ1) is 7.93. The molecular formula is C10H15NO6. The van der Waals surface area contributed by atoms with Gasteiger partial charge in [0, 0.05) is 12.2 Å². The van der Waals surface area contributed by atoms with Gasteiger partial charge in [-0.3, -0.25) is 4.79 Å². The fraction of sp³-hybridized carbons (Fsp3) is 0.500. The Balaban J connectivity index is 0.000000304.